The third-order valence-corrected chi connectivity index (χ3v) is 6.29. The van der Waals surface area contributed by atoms with Gasteiger partial charge in [0.1, 0.15) is 10.8 Å². The van der Waals surface area contributed by atoms with Gasteiger partial charge in [0.05, 0.1) is 28.8 Å². The highest BCUT2D eigenvalue weighted by Gasteiger charge is 2.19. The van der Waals surface area contributed by atoms with Gasteiger partial charge in [0, 0.05) is 26.0 Å². The highest BCUT2D eigenvalue weighted by Crippen LogP contribution is 2.32. The Labute approximate surface area is 211 Å². The first-order valence-electron chi connectivity index (χ1n) is 10.7. The summed E-state index contributed by atoms with van der Waals surface area (Å²) in [5, 5.41) is 26.6. The second-order valence-corrected chi connectivity index (χ2v) is 9.48. The Hall–Kier alpha value is -3.60. The number of aliphatic hydroxyl groups excluding tert-OH is 1. The van der Waals surface area contributed by atoms with E-state index in [0.29, 0.717) is 38.6 Å². The highest BCUT2D eigenvalue weighted by atomic mass is 35.5. The predicted molar refractivity (Wildman–Crippen MR) is 138 cm³/mol. The molecule has 0 radical (unpaired) electrons. The Morgan fingerprint density at radius 2 is 1.94 bits per heavy atom. The van der Waals surface area contributed by atoms with Crippen LogP contribution in [0.15, 0.2) is 54.7 Å². The van der Waals surface area contributed by atoms with Crippen molar-refractivity contribution in [2.24, 2.45) is 0 Å². The zero-order valence-electron chi connectivity index (χ0n) is 19.4. The molecule has 0 spiro atoms. The monoisotopic (exact) mass is 509 g/mol. The zero-order valence-corrected chi connectivity index (χ0v) is 20.9. The molecule has 180 valence electrons. The summed E-state index contributed by atoms with van der Waals surface area (Å²) in [7, 11) is 3.34. The molecule has 2 aromatic carbocycles. The minimum Gasteiger partial charge on any atom is -0.394 e. The van der Waals surface area contributed by atoms with E-state index < -0.39 is 6.04 Å². The number of aliphatic hydroxyl groups is 1. The number of carbonyl (C=O) groups excluding carboxylic acids is 1. The number of rotatable bonds is 8. The lowest BCUT2D eigenvalue weighted by atomic mass is 10.1. The van der Waals surface area contributed by atoms with Gasteiger partial charge < -0.3 is 20.6 Å². The maximum absolute atomic E-state index is 12.3. The van der Waals surface area contributed by atoms with Crippen molar-refractivity contribution in [2.75, 3.05) is 31.3 Å². The second-order valence-electron chi connectivity index (χ2n) is 7.89. The number of nitrogens with one attached hydrogen (secondary N) is 2. The van der Waals surface area contributed by atoms with Crippen LogP contribution in [-0.2, 0) is 0 Å². The number of aryl methyl sites for hydroxylation is 1. The van der Waals surface area contributed by atoms with Gasteiger partial charge in [0.25, 0.3) is 5.91 Å². The number of carbonyl (C=O) groups is 1. The fourth-order valence-electron chi connectivity index (χ4n) is 3.34. The summed E-state index contributed by atoms with van der Waals surface area (Å²) in [6.07, 6.45) is 1.66. The Morgan fingerprint density at radius 1 is 1.17 bits per heavy atom. The van der Waals surface area contributed by atoms with Crippen molar-refractivity contribution < 1.29 is 9.90 Å². The molecular weight excluding hydrogens is 486 g/mol. The number of hydrogen-bond acceptors (Lipinski definition) is 9. The van der Waals surface area contributed by atoms with Crippen LogP contribution < -0.4 is 10.6 Å². The van der Waals surface area contributed by atoms with E-state index in [9.17, 15) is 9.90 Å². The Balaban J connectivity index is 1.66. The standard InChI is InChI=1S/C24H24ClN7O2S/c1-14-30-31-22(35-14)18-12-26-24(27-16-9-10-17(19(25)11-16)23(34)32(2)3)29-21(18)28-20(13-33)15-7-5-4-6-8-15/h4-12,20,33H,13H2,1-3H3,(H2,26,27,28,29)/t20-/m1/s1. The number of benzene rings is 2. The number of nitrogens with zero attached hydrogens (tertiary/aromatic N) is 5. The molecule has 0 fully saturated rings. The number of anilines is 3. The van der Waals surface area contributed by atoms with Gasteiger partial charge in [-0.2, -0.15) is 4.98 Å². The summed E-state index contributed by atoms with van der Waals surface area (Å²) in [4.78, 5) is 22.8. The van der Waals surface area contributed by atoms with E-state index in [1.807, 2.05) is 37.3 Å². The van der Waals surface area contributed by atoms with Crippen LogP contribution in [-0.4, -0.2) is 56.8 Å². The van der Waals surface area contributed by atoms with E-state index in [-0.39, 0.29) is 12.5 Å². The van der Waals surface area contributed by atoms with Gasteiger partial charge in [-0.3, -0.25) is 4.79 Å². The minimum absolute atomic E-state index is 0.137. The summed E-state index contributed by atoms with van der Waals surface area (Å²) in [6, 6.07) is 14.3. The zero-order chi connectivity index (χ0) is 24.9. The van der Waals surface area contributed by atoms with Crippen LogP contribution in [0.1, 0.15) is 27.0 Å². The molecule has 3 N–H and O–H groups in total. The van der Waals surface area contributed by atoms with Gasteiger partial charge in [-0.05, 0) is 30.7 Å². The maximum Gasteiger partial charge on any atom is 0.254 e. The third-order valence-electron chi connectivity index (χ3n) is 5.10. The van der Waals surface area contributed by atoms with Gasteiger partial charge in [0.15, 0.2) is 5.01 Å². The van der Waals surface area contributed by atoms with Crippen LogP contribution >= 0.6 is 22.9 Å². The Bertz CT molecular complexity index is 1330. The number of amides is 1. The molecule has 0 aliphatic carbocycles. The summed E-state index contributed by atoms with van der Waals surface area (Å²) in [5.74, 6) is 0.619. The van der Waals surface area contributed by atoms with E-state index in [1.165, 1.54) is 16.2 Å². The van der Waals surface area contributed by atoms with Crippen LogP contribution in [0.25, 0.3) is 10.6 Å². The van der Waals surface area contributed by atoms with Crippen molar-refractivity contribution in [1.82, 2.24) is 25.1 Å². The molecular formula is C24H24ClN7O2S. The molecule has 2 aromatic heterocycles. The van der Waals surface area contributed by atoms with Crippen molar-refractivity contribution in [3.8, 4) is 10.6 Å². The average molecular weight is 510 g/mol. The average Bonchev–Trinajstić information content (AvgIpc) is 3.28. The predicted octanol–water partition coefficient (Wildman–Crippen LogP) is 4.55. The van der Waals surface area contributed by atoms with Crippen LogP contribution in [0.3, 0.4) is 0 Å². The third kappa shape index (κ3) is 5.73. The molecule has 2 heterocycles. The van der Waals surface area contributed by atoms with Gasteiger partial charge in [-0.25, -0.2) is 4.98 Å². The van der Waals surface area contributed by atoms with Crippen LogP contribution in [0.5, 0.6) is 0 Å². The first kappa shape index (κ1) is 24.5. The molecule has 1 amide bonds. The fraction of sp³-hybridized carbons (Fsp3) is 0.208. The molecule has 0 bridgehead atoms. The van der Waals surface area contributed by atoms with E-state index in [4.69, 9.17) is 11.6 Å². The summed E-state index contributed by atoms with van der Waals surface area (Å²) < 4.78 is 0. The minimum atomic E-state index is -0.391. The van der Waals surface area contributed by atoms with E-state index in [0.717, 1.165) is 10.6 Å². The normalized spacial score (nSPS) is 11.7. The topological polar surface area (TPSA) is 116 Å². The van der Waals surface area contributed by atoms with Crippen LogP contribution in [0.4, 0.5) is 17.5 Å². The molecule has 4 aromatic rings. The summed E-state index contributed by atoms with van der Waals surface area (Å²) in [6.45, 7) is 1.74. The van der Waals surface area contributed by atoms with Gasteiger partial charge in [-0.15, -0.1) is 10.2 Å². The Morgan fingerprint density at radius 3 is 2.57 bits per heavy atom. The van der Waals surface area contributed by atoms with Crippen LogP contribution in [0.2, 0.25) is 5.02 Å². The molecule has 9 nitrogen and oxygen atoms in total. The van der Waals surface area contributed by atoms with Crippen molar-refractivity contribution >= 4 is 46.3 Å². The van der Waals surface area contributed by atoms with Crippen molar-refractivity contribution in [3.63, 3.8) is 0 Å². The molecule has 11 heteroatoms. The number of halogens is 1. The fourth-order valence-corrected chi connectivity index (χ4v) is 4.30. The SMILES string of the molecule is Cc1nnc(-c2cnc(Nc3ccc(C(=O)N(C)C)c(Cl)c3)nc2N[C@H](CO)c2ccccc2)s1. The molecule has 0 aliphatic heterocycles. The summed E-state index contributed by atoms with van der Waals surface area (Å²) >= 11 is 7.77. The molecule has 4 rings (SSSR count). The second kappa shape index (κ2) is 10.8. The molecule has 0 saturated carbocycles. The molecule has 0 saturated heterocycles. The first-order valence-corrected chi connectivity index (χ1v) is 11.9. The van der Waals surface area contributed by atoms with E-state index >= 15 is 0 Å². The number of hydrogen-bond donors (Lipinski definition) is 3. The number of aromatic nitrogens is 4. The molecule has 0 aliphatic rings. The van der Waals surface area contributed by atoms with Crippen molar-refractivity contribution in [3.05, 3.63) is 75.9 Å². The van der Waals surface area contributed by atoms with E-state index in [1.54, 1.807) is 38.5 Å². The summed E-state index contributed by atoms with van der Waals surface area (Å²) in [5.41, 5.74) is 2.61. The lowest BCUT2D eigenvalue weighted by molar-refractivity contribution is 0.0828. The lowest BCUT2D eigenvalue weighted by Gasteiger charge is -2.19. The largest absolute Gasteiger partial charge is 0.394 e. The van der Waals surface area contributed by atoms with Gasteiger partial charge >= 0.3 is 0 Å². The first-order chi connectivity index (χ1) is 16.9. The van der Waals surface area contributed by atoms with Crippen molar-refractivity contribution in [1.29, 1.82) is 0 Å². The van der Waals surface area contributed by atoms with Gasteiger partial charge in [0.2, 0.25) is 5.95 Å². The van der Waals surface area contributed by atoms with Gasteiger partial charge in [-0.1, -0.05) is 53.3 Å². The highest BCUT2D eigenvalue weighted by molar-refractivity contribution is 7.14. The lowest BCUT2D eigenvalue weighted by Crippen LogP contribution is -2.22. The smallest absolute Gasteiger partial charge is 0.254 e. The van der Waals surface area contributed by atoms with Crippen LogP contribution in [0, 0.1) is 6.92 Å². The molecule has 1 atom stereocenters. The molecule has 35 heavy (non-hydrogen) atoms. The Kier molecular flexibility index (Phi) is 7.54. The maximum atomic E-state index is 12.3. The van der Waals surface area contributed by atoms with Crippen molar-refractivity contribution in [2.45, 2.75) is 13.0 Å². The molecule has 0 unspecified atom stereocenters. The van der Waals surface area contributed by atoms with E-state index in [2.05, 4.69) is 30.8 Å². The quantitative estimate of drug-likeness (QED) is 0.317.